The highest BCUT2D eigenvalue weighted by Crippen LogP contribution is 2.03. The Morgan fingerprint density at radius 1 is 1.39 bits per heavy atom. The Labute approximate surface area is 107 Å². The van der Waals surface area contributed by atoms with Gasteiger partial charge in [0.2, 0.25) is 0 Å². The molecule has 0 aromatic rings. The number of hydrogen-bond donors (Lipinski definition) is 3. The topological polar surface area (TPSA) is 153 Å². The van der Waals surface area contributed by atoms with E-state index in [4.69, 9.17) is 21.8 Å². The molecule has 0 aliphatic rings. The summed E-state index contributed by atoms with van der Waals surface area (Å²) in [4.78, 5) is 31.2. The summed E-state index contributed by atoms with van der Waals surface area (Å²) in [6.07, 6.45) is -0.984. The number of alkyl halides is 1. The van der Waals surface area contributed by atoms with Crippen molar-refractivity contribution < 1.29 is 28.2 Å². The van der Waals surface area contributed by atoms with Crippen molar-refractivity contribution in [1.82, 2.24) is 9.14 Å². The quantitative estimate of drug-likeness (QED) is 0.279. The molecule has 18 heavy (non-hydrogen) atoms. The van der Waals surface area contributed by atoms with Gasteiger partial charge in [-0.05, 0) is 0 Å². The maximum absolute atomic E-state index is 11.5. The number of nitrogens with one attached hydrogen (secondary N) is 1. The second-order valence-corrected chi connectivity index (χ2v) is 4.91. The maximum Gasteiger partial charge on any atom is 0.322 e. The number of halogens is 1. The highest BCUT2D eigenvalue weighted by Gasteiger charge is 2.30. The molecule has 0 radical (unpaired) electrons. The Morgan fingerprint density at radius 2 is 1.94 bits per heavy atom. The molecule has 0 aromatic carbocycles. The zero-order valence-corrected chi connectivity index (χ0v) is 10.4. The van der Waals surface area contributed by atoms with Crippen LogP contribution in [0.4, 0.5) is 0 Å². The van der Waals surface area contributed by atoms with E-state index < -0.39 is 41.2 Å². The maximum atomic E-state index is 11.5. The minimum Gasteiger partial charge on any atom is -0.481 e. The second kappa shape index (κ2) is 7.08. The molecule has 0 saturated carbocycles. The standard InChI is InChI=1S/C6H10ClN3O7S/c7-1-2-10(9-15)18(16,17)8-4(6(13)14)3-5(11)12/h4,8H,1-3H2,(H,11,12)(H,13,14)/t4-/m0/s1. The summed E-state index contributed by atoms with van der Waals surface area (Å²) in [6.45, 7) is -0.472. The summed E-state index contributed by atoms with van der Waals surface area (Å²) in [6, 6.07) is -1.91. The SMILES string of the molecule is O=NN(CCCl)S(=O)(=O)N[C@@H](CC(=O)O)C(=O)O. The Hall–Kier alpha value is -1.46. The Bertz CT molecular complexity index is 425. The molecule has 0 saturated heterocycles. The van der Waals surface area contributed by atoms with E-state index in [-0.39, 0.29) is 10.3 Å². The van der Waals surface area contributed by atoms with Crippen LogP contribution in [0.1, 0.15) is 6.42 Å². The lowest BCUT2D eigenvalue weighted by molar-refractivity contribution is -0.145. The van der Waals surface area contributed by atoms with E-state index in [9.17, 15) is 22.9 Å². The lowest BCUT2D eigenvalue weighted by Gasteiger charge is -2.18. The van der Waals surface area contributed by atoms with Crippen LogP contribution in [0.5, 0.6) is 0 Å². The van der Waals surface area contributed by atoms with Crippen molar-refractivity contribution in [2.24, 2.45) is 5.29 Å². The first-order valence-corrected chi connectivity index (χ1v) is 6.36. The molecule has 0 aliphatic heterocycles. The summed E-state index contributed by atoms with van der Waals surface area (Å²) < 4.78 is 24.4. The van der Waals surface area contributed by atoms with Crippen molar-refractivity contribution in [1.29, 1.82) is 0 Å². The van der Waals surface area contributed by atoms with E-state index in [1.807, 2.05) is 0 Å². The molecule has 0 rings (SSSR count). The molecule has 0 spiro atoms. The Kier molecular flexibility index (Phi) is 6.51. The molecule has 0 unspecified atom stereocenters. The predicted octanol–water partition coefficient (Wildman–Crippen LogP) is -1.03. The van der Waals surface area contributed by atoms with Gasteiger partial charge in [0.25, 0.3) is 0 Å². The number of nitrogens with zero attached hydrogens (tertiary/aromatic N) is 2. The molecule has 1 atom stereocenters. The van der Waals surface area contributed by atoms with Gasteiger partial charge < -0.3 is 10.2 Å². The minimum atomic E-state index is -4.55. The smallest absolute Gasteiger partial charge is 0.322 e. The number of hydrogen-bond acceptors (Lipinski definition) is 6. The molecule has 0 heterocycles. The van der Waals surface area contributed by atoms with E-state index in [1.165, 1.54) is 4.72 Å². The summed E-state index contributed by atoms with van der Waals surface area (Å²) in [5, 5.41) is 19.2. The third-order valence-electron chi connectivity index (χ3n) is 1.61. The van der Waals surface area contributed by atoms with Crippen LogP contribution < -0.4 is 4.72 Å². The lowest BCUT2D eigenvalue weighted by Crippen LogP contribution is -2.47. The molecule has 0 aromatic heterocycles. The first-order chi connectivity index (χ1) is 8.24. The first kappa shape index (κ1) is 16.5. The minimum absolute atomic E-state index is 0.00219. The Balaban J connectivity index is 4.94. The lowest BCUT2D eigenvalue weighted by atomic mass is 10.2. The fourth-order valence-electron chi connectivity index (χ4n) is 0.872. The molecular weight excluding hydrogens is 294 g/mol. The number of rotatable bonds is 9. The number of carboxylic acid groups (broad SMARTS) is 2. The summed E-state index contributed by atoms with van der Waals surface area (Å²) in [5.41, 5.74) is 0. The van der Waals surface area contributed by atoms with Gasteiger partial charge in [0.05, 0.1) is 18.3 Å². The van der Waals surface area contributed by atoms with E-state index in [2.05, 4.69) is 5.29 Å². The van der Waals surface area contributed by atoms with E-state index >= 15 is 0 Å². The third kappa shape index (κ3) is 5.25. The highest BCUT2D eigenvalue weighted by molar-refractivity contribution is 7.87. The summed E-state index contributed by atoms with van der Waals surface area (Å²) in [7, 11) is -4.55. The van der Waals surface area contributed by atoms with Crippen LogP contribution in [-0.2, 0) is 19.8 Å². The van der Waals surface area contributed by atoms with Crippen LogP contribution >= 0.6 is 11.6 Å². The Morgan fingerprint density at radius 3 is 2.28 bits per heavy atom. The summed E-state index contributed by atoms with van der Waals surface area (Å²) >= 11 is 5.22. The van der Waals surface area contributed by atoms with Crippen molar-refractivity contribution in [2.45, 2.75) is 12.5 Å². The van der Waals surface area contributed by atoms with Gasteiger partial charge in [-0.1, -0.05) is 0 Å². The van der Waals surface area contributed by atoms with Crippen LogP contribution in [-0.4, -0.2) is 53.5 Å². The molecule has 0 bridgehead atoms. The van der Waals surface area contributed by atoms with Crippen molar-refractivity contribution in [2.75, 3.05) is 12.4 Å². The van der Waals surface area contributed by atoms with Crippen LogP contribution in [0.2, 0.25) is 0 Å². The zero-order chi connectivity index (χ0) is 14.3. The predicted molar refractivity (Wildman–Crippen MR) is 59.0 cm³/mol. The van der Waals surface area contributed by atoms with Crippen molar-refractivity contribution >= 4 is 33.7 Å². The van der Waals surface area contributed by atoms with Gasteiger partial charge in [0.1, 0.15) is 6.04 Å². The van der Waals surface area contributed by atoms with Crippen LogP contribution in [0.3, 0.4) is 0 Å². The molecule has 104 valence electrons. The largest absolute Gasteiger partial charge is 0.481 e. The average Bonchev–Trinajstić information content (AvgIpc) is 2.23. The molecule has 0 aliphatic carbocycles. The average molecular weight is 304 g/mol. The van der Waals surface area contributed by atoms with Gasteiger partial charge in [0, 0.05) is 5.88 Å². The van der Waals surface area contributed by atoms with Crippen LogP contribution in [0.25, 0.3) is 0 Å². The van der Waals surface area contributed by atoms with Gasteiger partial charge in [-0.15, -0.1) is 20.9 Å². The summed E-state index contributed by atoms with van der Waals surface area (Å²) in [5.74, 6) is -3.46. The number of carbonyl (C=O) groups is 2. The highest BCUT2D eigenvalue weighted by atomic mass is 35.5. The molecule has 3 N–H and O–H groups in total. The van der Waals surface area contributed by atoms with Crippen molar-refractivity contribution in [3.8, 4) is 0 Å². The van der Waals surface area contributed by atoms with E-state index in [0.29, 0.717) is 0 Å². The fraction of sp³-hybridized carbons (Fsp3) is 0.667. The fourth-order valence-corrected chi connectivity index (χ4v) is 2.22. The molecule has 0 fully saturated rings. The normalized spacial score (nSPS) is 12.7. The van der Waals surface area contributed by atoms with Gasteiger partial charge in [0.15, 0.2) is 0 Å². The number of nitroso groups, excluding NO2 is 1. The second-order valence-electron chi connectivity index (χ2n) is 2.93. The van der Waals surface area contributed by atoms with Gasteiger partial charge >= 0.3 is 22.1 Å². The monoisotopic (exact) mass is 303 g/mol. The third-order valence-corrected chi connectivity index (χ3v) is 3.17. The van der Waals surface area contributed by atoms with Crippen LogP contribution in [0, 0.1) is 4.91 Å². The van der Waals surface area contributed by atoms with Gasteiger partial charge in [-0.25, -0.2) is 0 Å². The van der Waals surface area contributed by atoms with E-state index in [1.54, 1.807) is 0 Å². The number of aliphatic carboxylic acids is 2. The molecular formula is C6H10ClN3O7S. The van der Waals surface area contributed by atoms with Gasteiger partial charge in [-0.3, -0.25) is 9.59 Å². The van der Waals surface area contributed by atoms with E-state index in [0.717, 1.165) is 0 Å². The molecule has 0 amide bonds. The van der Waals surface area contributed by atoms with Crippen molar-refractivity contribution in [3.05, 3.63) is 4.91 Å². The molecule has 12 heteroatoms. The van der Waals surface area contributed by atoms with Crippen molar-refractivity contribution in [3.63, 3.8) is 0 Å². The number of carboxylic acids is 2. The zero-order valence-electron chi connectivity index (χ0n) is 8.81. The molecule has 10 nitrogen and oxygen atoms in total. The van der Waals surface area contributed by atoms with Gasteiger partial charge in [-0.2, -0.15) is 13.1 Å². The van der Waals surface area contributed by atoms with Crippen LogP contribution in [0.15, 0.2) is 5.29 Å². The first-order valence-electron chi connectivity index (χ1n) is 4.38.